The topological polar surface area (TPSA) is 88.9 Å². The molecular weight excluding hydrogens is 315 g/mol. The summed E-state index contributed by atoms with van der Waals surface area (Å²) in [6.07, 6.45) is -3.59. The molecule has 0 bridgehead atoms. The van der Waals surface area contributed by atoms with E-state index in [4.69, 9.17) is 0 Å². The number of amides is 2. The van der Waals surface area contributed by atoms with Gasteiger partial charge in [0, 0.05) is 0 Å². The van der Waals surface area contributed by atoms with Crippen LogP contribution in [0.15, 0.2) is 30.6 Å². The Balaban J connectivity index is 1.88. The average Bonchev–Trinajstić information content (AvgIpc) is 2.93. The molecular formula is C13H10F3N5O2. The summed E-state index contributed by atoms with van der Waals surface area (Å²) in [5.41, 5.74) is -1.33. The number of carbonyl (C=O) groups is 2. The number of carbonyl (C=O) groups excluding carboxylic acids is 2. The first-order chi connectivity index (χ1) is 10.9. The molecule has 1 aliphatic heterocycles. The van der Waals surface area contributed by atoms with Crippen molar-refractivity contribution in [3.05, 3.63) is 36.2 Å². The normalized spacial score (nSPS) is 17.3. The van der Waals surface area contributed by atoms with Gasteiger partial charge in [0.2, 0.25) is 17.8 Å². The summed E-state index contributed by atoms with van der Waals surface area (Å²) in [6.45, 7) is 0. The van der Waals surface area contributed by atoms with Crippen molar-refractivity contribution in [3.63, 3.8) is 0 Å². The van der Waals surface area contributed by atoms with Crippen LogP contribution < -0.4 is 10.6 Å². The van der Waals surface area contributed by atoms with Gasteiger partial charge in [-0.2, -0.15) is 13.2 Å². The van der Waals surface area contributed by atoms with Crippen molar-refractivity contribution in [1.29, 1.82) is 0 Å². The van der Waals surface area contributed by atoms with Crippen molar-refractivity contribution < 1.29 is 22.8 Å². The number of anilines is 2. The second-order valence-corrected chi connectivity index (χ2v) is 4.86. The lowest BCUT2D eigenvalue weighted by Gasteiger charge is -2.24. The fraction of sp³-hybridized carbons (Fsp3) is 0.231. The molecule has 1 atom stereocenters. The lowest BCUT2D eigenvalue weighted by molar-refractivity contribution is -0.137. The first-order valence-corrected chi connectivity index (χ1v) is 6.52. The van der Waals surface area contributed by atoms with E-state index in [0.29, 0.717) is 0 Å². The molecule has 7 nitrogen and oxygen atoms in total. The van der Waals surface area contributed by atoms with Crippen molar-refractivity contribution >= 4 is 23.5 Å². The molecule has 0 saturated heterocycles. The largest absolute Gasteiger partial charge is 0.418 e. The van der Waals surface area contributed by atoms with E-state index in [0.717, 1.165) is 12.1 Å². The molecule has 0 saturated carbocycles. The molecule has 3 rings (SSSR count). The molecule has 2 heterocycles. The smallest absolute Gasteiger partial charge is 0.324 e. The first kappa shape index (κ1) is 15.0. The summed E-state index contributed by atoms with van der Waals surface area (Å²) in [5, 5.41) is 11.8. The van der Waals surface area contributed by atoms with Crippen LogP contribution in [0.2, 0.25) is 0 Å². The summed E-state index contributed by atoms with van der Waals surface area (Å²) in [4.78, 5) is 23.9. The average molecular weight is 325 g/mol. The fourth-order valence-electron chi connectivity index (χ4n) is 2.28. The standard InChI is InChI=1S/C13H10F3N5O2/c14-13(15,16)7-3-1-2-4-8(7)18-11(23)9-5-10(22)19-12-20-17-6-21(9)12/h1-4,6,9H,5H2,(H,18,23)(H,19,20,22)/t9-/m0/s1. The van der Waals surface area contributed by atoms with Gasteiger partial charge in [0.25, 0.3) is 0 Å². The maximum absolute atomic E-state index is 13.0. The zero-order valence-corrected chi connectivity index (χ0v) is 11.5. The number of nitrogens with one attached hydrogen (secondary N) is 2. The lowest BCUT2D eigenvalue weighted by atomic mass is 10.1. The van der Waals surface area contributed by atoms with Crippen molar-refractivity contribution in [3.8, 4) is 0 Å². The number of hydrogen-bond acceptors (Lipinski definition) is 4. The third kappa shape index (κ3) is 2.87. The molecule has 0 aliphatic carbocycles. The van der Waals surface area contributed by atoms with Gasteiger partial charge < -0.3 is 5.32 Å². The number of para-hydroxylation sites is 1. The van der Waals surface area contributed by atoms with E-state index in [1.807, 2.05) is 0 Å². The van der Waals surface area contributed by atoms with Gasteiger partial charge in [-0.05, 0) is 12.1 Å². The van der Waals surface area contributed by atoms with Crippen molar-refractivity contribution in [2.75, 3.05) is 10.6 Å². The number of alkyl halides is 3. The highest BCUT2D eigenvalue weighted by Gasteiger charge is 2.35. The number of nitrogens with zero attached hydrogens (tertiary/aromatic N) is 3. The van der Waals surface area contributed by atoms with E-state index in [2.05, 4.69) is 20.8 Å². The molecule has 2 amide bonds. The van der Waals surface area contributed by atoms with Crippen LogP contribution in [0.4, 0.5) is 24.8 Å². The molecule has 0 unspecified atom stereocenters. The van der Waals surface area contributed by atoms with Crippen molar-refractivity contribution in [2.24, 2.45) is 0 Å². The maximum atomic E-state index is 13.0. The van der Waals surface area contributed by atoms with Crippen LogP contribution in [0.25, 0.3) is 0 Å². The Hall–Kier alpha value is -2.91. The molecule has 1 aromatic carbocycles. The molecule has 10 heteroatoms. The summed E-state index contributed by atoms with van der Waals surface area (Å²) in [6, 6.07) is 3.60. The minimum Gasteiger partial charge on any atom is -0.324 e. The van der Waals surface area contributed by atoms with Crippen LogP contribution in [0.5, 0.6) is 0 Å². The number of rotatable bonds is 2. The van der Waals surface area contributed by atoms with Gasteiger partial charge in [-0.1, -0.05) is 12.1 Å². The highest BCUT2D eigenvalue weighted by Crippen LogP contribution is 2.35. The van der Waals surface area contributed by atoms with Crippen molar-refractivity contribution in [2.45, 2.75) is 18.6 Å². The zero-order valence-electron chi connectivity index (χ0n) is 11.5. The quantitative estimate of drug-likeness (QED) is 0.881. The Bertz CT molecular complexity index is 771. The molecule has 0 radical (unpaired) electrons. The Morgan fingerprint density at radius 2 is 2.09 bits per heavy atom. The Morgan fingerprint density at radius 3 is 2.83 bits per heavy atom. The van der Waals surface area contributed by atoms with Gasteiger partial charge >= 0.3 is 6.18 Å². The van der Waals surface area contributed by atoms with Crippen LogP contribution >= 0.6 is 0 Å². The van der Waals surface area contributed by atoms with Gasteiger partial charge in [-0.3, -0.25) is 19.5 Å². The third-order valence-electron chi connectivity index (χ3n) is 3.33. The monoisotopic (exact) mass is 325 g/mol. The van der Waals surface area contributed by atoms with E-state index in [1.54, 1.807) is 0 Å². The van der Waals surface area contributed by atoms with Crippen LogP contribution in [-0.2, 0) is 15.8 Å². The summed E-state index contributed by atoms with van der Waals surface area (Å²) in [5.74, 6) is -1.14. The zero-order chi connectivity index (χ0) is 16.6. The van der Waals surface area contributed by atoms with E-state index in [-0.39, 0.29) is 18.1 Å². The van der Waals surface area contributed by atoms with Gasteiger partial charge in [0.05, 0.1) is 17.7 Å². The predicted octanol–water partition coefficient (Wildman–Crippen LogP) is 1.82. The number of fused-ring (bicyclic) bond motifs is 1. The molecule has 1 aromatic heterocycles. The van der Waals surface area contributed by atoms with Crippen LogP contribution in [0.3, 0.4) is 0 Å². The molecule has 0 fully saturated rings. The summed E-state index contributed by atoms with van der Waals surface area (Å²) >= 11 is 0. The van der Waals surface area contributed by atoms with E-state index in [1.165, 1.54) is 23.0 Å². The number of hydrogen-bond donors (Lipinski definition) is 2. The van der Waals surface area contributed by atoms with Crippen LogP contribution in [0, 0.1) is 0 Å². The molecule has 1 aliphatic rings. The first-order valence-electron chi connectivity index (χ1n) is 6.52. The minimum absolute atomic E-state index is 0.0745. The summed E-state index contributed by atoms with van der Waals surface area (Å²) < 4.78 is 40.2. The number of benzene rings is 1. The van der Waals surface area contributed by atoms with Gasteiger partial charge in [-0.25, -0.2) is 0 Å². The second-order valence-electron chi connectivity index (χ2n) is 4.86. The summed E-state index contributed by atoms with van der Waals surface area (Å²) in [7, 11) is 0. The van der Waals surface area contributed by atoms with E-state index in [9.17, 15) is 22.8 Å². The Morgan fingerprint density at radius 1 is 1.35 bits per heavy atom. The fourth-order valence-corrected chi connectivity index (χ4v) is 2.28. The van der Waals surface area contributed by atoms with Gasteiger partial charge in [0.15, 0.2) is 0 Å². The van der Waals surface area contributed by atoms with Gasteiger partial charge in [-0.15, -0.1) is 10.2 Å². The molecule has 2 aromatic rings. The molecule has 2 N–H and O–H groups in total. The van der Waals surface area contributed by atoms with E-state index < -0.39 is 29.6 Å². The van der Waals surface area contributed by atoms with Gasteiger partial charge in [0.1, 0.15) is 12.4 Å². The molecule has 0 spiro atoms. The minimum atomic E-state index is -4.60. The van der Waals surface area contributed by atoms with E-state index >= 15 is 0 Å². The maximum Gasteiger partial charge on any atom is 0.418 e. The predicted molar refractivity (Wildman–Crippen MR) is 72.4 cm³/mol. The Kier molecular flexibility index (Phi) is 3.51. The number of aromatic nitrogens is 3. The van der Waals surface area contributed by atoms with Crippen LogP contribution in [-0.4, -0.2) is 26.6 Å². The highest BCUT2D eigenvalue weighted by atomic mass is 19.4. The second kappa shape index (κ2) is 5.38. The third-order valence-corrected chi connectivity index (χ3v) is 3.33. The molecule has 120 valence electrons. The molecule has 23 heavy (non-hydrogen) atoms. The SMILES string of the molecule is O=C1C[C@@H](C(=O)Nc2ccccc2C(F)(F)F)n2cnnc2N1. The highest BCUT2D eigenvalue weighted by molar-refractivity contribution is 6.01. The Labute approximate surface area is 127 Å². The lowest BCUT2D eigenvalue weighted by Crippen LogP contribution is -2.35. The van der Waals surface area contributed by atoms with Crippen LogP contribution in [0.1, 0.15) is 18.0 Å². The van der Waals surface area contributed by atoms with Crippen molar-refractivity contribution in [1.82, 2.24) is 14.8 Å². The number of halogens is 3.